The molecule has 1 aromatic carbocycles. The molecule has 3 N–H and O–H groups in total. The summed E-state index contributed by atoms with van der Waals surface area (Å²) in [6.45, 7) is 0.230. The highest BCUT2D eigenvalue weighted by Gasteiger charge is 2.22. The van der Waals surface area contributed by atoms with Crippen molar-refractivity contribution in [3.8, 4) is 5.69 Å². The molecule has 0 fully saturated rings. The summed E-state index contributed by atoms with van der Waals surface area (Å²) in [5.41, 5.74) is 7.09. The van der Waals surface area contributed by atoms with E-state index in [0.717, 1.165) is 0 Å². The van der Waals surface area contributed by atoms with Gasteiger partial charge in [-0.05, 0) is 6.07 Å². The van der Waals surface area contributed by atoms with Crippen molar-refractivity contribution in [1.82, 2.24) is 20.0 Å². The van der Waals surface area contributed by atoms with E-state index in [9.17, 15) is 10.1 Å². The van der Waals surface area contributed by atoms with E-state index in [1.807, 2.05) is 0 Å². The van der Waals surface area contributed by atoms with E-state index < -0.39 is 4.92 Å². The molecule has 0 saturated carbocycles. The normalized spacial score (nSPS) is 11.1. The number of anilines is 1. The molecule has 9 heteroatoms. The fraction of sp³-hybridized carbons (Fsp3) is 0.167. The highest BCUT2D eigenvalue weighted by Crippen LogP contribution is 2.29. The number of nitrogens with zero attached hydrogens (tertiary/aromatic N) is 4. The fourth-order valence-electron chi connectivity index (χ4n) is 2.20. The highest BCUT2D eigenvalue weighted by atomic mass is 16.6. The van der Waals surface area contributed by atoms with Gasteiger partial charge in [-0.2, -0.15) is 10.2 Å². The van der Waals surface area contributed by atoms with Crippen LogP contribution in [0.4, 0.5) is 11.5 Å². The Labute approximate surface area is 118 Å². The quantitative estimate of drug-likeness (QED) is 0.552. The van der Waals surface area contributed by atoms with E-state index in [2.05, 4.69) is 15.3 Å². The molecular weight excluding hydrogens is 276 g/mol. The van der Waals surface area contributed by atoms with E-state index in [1.165, 1.54) is 17.9 Å². The lowest BCUT2D eigenvalue weighted by Crippen LogP contribution is -2.03. The van der Waals surface area contributed by atoms with Crippen LogP contribution in [0.15, 0.2) is 24.3 Å². The van der Waals surface area contributed by atoms with Gasteiger partial charge in [-0.3, -0.25) is 15.2 Å². The predicted molar refractivity (Wildman–Crippen MR) is 75.0 cm³/mol. The number of nitro groups is 1. The third kappa shape index (κ3) is 1.99. The molecule has 0 aliphatic rings. The Bertz CT molecular complexity index is 822. The van der Waals surface area contributed by atoms with Crippen molar-refractivity contribution < 1.29 is 9.66 Å². The van der Waals surface area contributed by atoms with E-state index in [-0.39, 0.29) is 12.3 Å². The fourth-order valence-corrected chi connectivity index (χ4v) is 2.20. The Kier molecular flexibility index (Phi) is 3.03. The van der Waals surface area contributed by atoms with Gasteiger partial charge in [-0.15, -0.1) is 0 Å². The van der Waals surface area contributed by atoms with Crippen molar-refractivity contribution in [3.63, 3.8) is 0 Å². The zero-order valence-electron chi connectivity index (χ0n) is 11.1. The standard InChI is InChI=1S/C12H12N6O3/c1-21-6-7-10-11(13)14-15-12(10)17(16-7)8-4-2-3-5-9(8)18(19)20/h2-5H,6H2,1H3,(H3,13,14,15). The minimum atomic E-state index is -0.463. The second-order valence-electron chi connectivity index (χ2n) is 4.37. The average molecular weight is 288 g/mol. The Morgan fingerprint density at radius 1 is 1.48 bits per heavy atom. The molecule has 2 aromatic heterocycles. The monoisotopic (exact) mass is 288 g/mol. The molecule has 0 atom stereocenters. The first-order valence-corrected chi connectivity index (χ1v) is 6.07. The van der Waals surface area contributed by atoms with Gasteiger partial charge >= 0.3 is 0 Å². The molecule has 9 nitrogen and oxygen atoms in total. The van der Waals surface area contributed by atoms with Gasteiger partial charge in [-0.25, -0.2) is 4.68 Å². The molecule has 2 heterocycles. The topological polar surface area (TPSA) is 125 Å². The van der Waals surface area contributed by atoms with Crippen molar-refractivity contribution in [1.29, 1.82) is 0 Å². The van der Waals surface area contributed by atoms with Gasteiger partial charge in [-0.1, -0.05) is 12.1 Å². The highest BCUT2D eigenvalue weighted by molar-refractivity contribution is 5.90. The smallest absolute Gasteiger partial charge is 0.294 e. The Hall–Kier alpha value is -2.94. The maximum atomic E-state index is 11.2. The van der Waals surface area contributed by atoms with Gasteiger partial charge < -0.3 is 10.5 Å². The molecule has 0 radical (unpaired) electrons. The first kappa shape index (κ1) is 13.1. The lowest BCUT2D eigenvalue weighted by Gasteiger charge is -2.02. The van der Waals surface area contributed by atoms with Crippen LogP contribution in [0.5, 0.6) is 0 Å². The van der Waals surface area contributed by atoms with Gasteiger partial charge in [0.15, 0.2) is 5.65 Å². The molecule has 0 saturated heterocycles. The third-order valence-electron chi connectivity index (χ3n) is 3.07. The minimum Gasteiger partial charge on any atom is -0.383 e. The number of rotatable bonds is 4. The van der Waals surface area contributed by atoms with Crippen LogP contribution >= 0.6 is 0 Å². The van der Waals surface area contributed by atoms with Crippen molar-refractivity contribution in [2.45, 2.75) is 6.61 Å². The van der Waals surface area contributed by atoms with Crippen LogP contribution in [0.25, 0.3) is 16.7 Å². The van der Waals surface area contributed by atoms with E-state index >= 15 is 0 Å². The molecule has 0 spiro atoms. The molecule has 3 rings (SSSR count). The first-order valence-electron chi connectivity index (χ1n) is 6.07. The second kappa shape index (κ2) is 4.87. The van der Waals surface area contributed by atoms with E-state index in [0.29, 0.717) is 28.2 Å². The van der Waals surface area contributed by atoms with Crippen LogP contribution < -0.4 is 5.73 Å². The Balaban J connectivity index is 2.29. The lowest BCUT2D eigenvalue weighted by molar-refractivity contribution is -0.384. The van der Waals surface area contributed by atoms with Gasteiger partial charge in [0.2, 0.25) is 0 Å². The van der Waals surface area contributed by atoms with Crippen molar-refractivity contribution >= 4 is 22.5 Å². The summed E-state index contributed by atoms with van der Waals surface area (Å²) in [6.07, 6.45) is 0. The summed E-state index contributed by atoms with van der Waals surface area (Å²) in [5.74, 6) is 0.349. The number of nitro benzene ring substituents is 1. The number of nitrogen functional groups attached to an aromatic ring is 1. The maximum Gasteiger partial charge on any atom is 0.294 e. The number of hydrogen-bond acceptors (Lipinski definition) is 6. The van der Waals surface area contributed by atoms with Gasteiger partial charge in [0.05, 0.1) is 16.9 Å². The number of ether oxygens (including phenoxy) is 1. The van der Waals surface area contributed by atoms with Gasteiger partial charge in [0.25, 0.3) is 5.69 Å². The summed E-state index contributed by atoms with van der Waals surface area (Å²) >= 11 is 0. The van der Waals surface area contributed by atoms with Crippen LogP contribution in [0.2, 0.25) is 0 Å². The molecule has 3 aromatic rings. The van der Waals surface area contributed by atoms with Crippen LogP contribution in [0, 0.1) is 10.1 Å². The zero-order valence-corrected chi connectivity index (χ0v) is 11.1. The SMILES string of the molecule is COCc1nn(-c2ccccc2[N+](=O)[O-])c2n[nH]c(N)c12. The summed E-state index contributed by atoms with van der Waals surface area (Å²) in [6, 6.07) is 6.31. The average Bonchev–Trinajstić information content (AvgIpc) is 3.01. The molecule has 0 aliphatic heterocycles. The second-order valence-corrected chi connectivity index (χ2v) is 4.37. The van der Waals surface area contributed by atoms with Crippen LogP contribution in [-0.2, 0) is 11.3 Å². The number of benzene rings is 1. The van der Waals surface area contributed by atoms with Crippen molar-refractivity contribution in [2.75, 3.05) is 12.8 Å². The maximum absolute atomic E-state index is 11.2. The first-order chi connectivity index (χ1) is 10.1. The van der Waals surface area contributed by atoms with Crippen LogP contribution in [-0.4, -0.2) is 32.0 Å². The largest absolute Gasteiger partial charge is 0.383 e. The number of aromatic nitrogens is 4. The number of methoxy groups -OCH3 is 1. The molecule has 0 unspecified atom stereocenters. The number of H-pyrrole nitrogens is 1. The number of aromatic amines is 1. The van der Waals surface area contributed by atoms with Crippen LogP contribution in [0.3, 0.4) is 0 Å². The lowest BCUT2D eigenvalue weighted by atomic mass is 10.2. The predicted octanol–water partition coefficient (Wildman–Crippen LogP) is 1.39. The summed E-state index contributed by atoms with van der Waals surface area (Å²) < 4.78 is 6.48. The molecular formula is C12H12N6O3. The molecule has 0 aliphatic carbocycles. The Morgan fingerprint density at radius 2 is 2.24 bits per heavy atom. The molecule has 108 valence electrons. The summed E-state index contributed by atoms with van der Waals surface area (Å²) in [5, 5.41) is 22.8. The summed E-state index contributed by atoms with van der Waals surface area (Å²) in [4.78, 5) is 10.7. The van der Waals surface area contributed by atoms with Crippen molar-refractivity contribution in [3.05, 3.63) is 40.1 Å². The number of fused-ring (bicyclic) bond motifs is 1. The van der Waals surface area contributed by atoms with E-state index in [1.54, 1.807) is 18.2 Å². The van der Waals surface area contributed by atoms with E-state index in [4.69, 9.17) is 10.5 Å². The molecule has 0 amide bonds. The minimum absolute atomic E-state index is 0.0626. The number of para-hydroxylation sites is 2. The van der Waals surface area contributed by atoms with Gasteiger partial charge in [0, 0.05) is 13.2 Å². The number of hydrogen-bond donors (Lipinski definition) is 2. The Morgan fingerprint density at radius 3 is 2.95 bits per heavy atom. The van der Waals surface area contributed by atoms with Crippen molar-refractivity contribution in [2.24, 2.45) is 0 Å². The molecule has 21 heavy (non-hydrogen) atoms. The summed E-state index contributed by atoms with van der Waals surface area (Å²) in [7, 11) is 1.53. The number of nitrogens with two attached hydrogens (primary N) is 1. The third-order valence-corrected chi connectivity index (χ3v) is 3.07. The van der Waals surface area contributed by atoms with Gasteiger partial charge in [0.1, 0.15) is 17.2 Å². The number of nitrogens with one attached hydrogen (secondary N) is 1. The zero-order chi connectivity index (χ0) is 15.0. The molecule has 0 bridgehead atoms. The van der Waals surface area contributed by atoms with Crippen LogP contribution in [0.1, 0.15) is 5.69 Å².